The van der Waals surface area contributed by atoms with E-state index in [0.29, 0.717) is 16.6 Å². The fraction of sp³-hybridized carbons (Fsp3) is 0.474. The van der Waals surface area contributed by atoms with Crippen molar-refractivity contribution in [3.8, 4) is 5.69 Å². The van der Waals surface area contributed by atoms with Crippen LogP contribution in [0, 0.1) is 0 Å². The molecule has 2 aliphatic heterocycles. The van der Waals surface area contributed by atoms with Crippen LogP contribution in [0.2, 0.25) is 5.02 Å². The van der Waals surface area contributed by atoms with E-state index in [-0.39, 0.29) is 5.91 Å². The highest BCUT2D eigenvalue weighted by Crippen LogP contribution is 2.25. The smallest absolute Gasteiger partial charge is 0.255 e. The molecule has 2 aromatic rings. The maximum absolute atomic E-state index is 13.1. The van der Waals surface area contributed by atoms with Gasteiger partial charge in [0.15, 0.2) is 0 Å². The second kappa shape index (κ2) is 7.18. The van der Waals surface area contributed by atoms with E-state index >= 15 is 0 Å². The number of benzene rings is 1. The third-order valence-electron chi connectivity index (χ3n) is 5.29. The van der Waals surface area contributed by atoms with Gasteiger partial charge in [-0.05, 0) is 63.0 Å². The number of piperidine rings is 1. The first-order chi connectivity index (χ1) is 12.2. The molecule has 0 N–H and O–H groups in total. The average molecular weight is 359 g/mol. The Hall–Kier alpha value is -1.85. The van der Waals surface area contributed by atoms with Crippen LogP contribution in [0.5, 0.6) is 0 Å². The second-order valence-corrected chi connectivity index (χ2v) is 7.31. The minimum atomic E-state index is 0.0305. The second-order valence-electron chi connectivity index (χ2n) is 6.91. The lowest BCUT2D eigenvalue weighted by Gasteiger charge is -2.37. The van der Waals surface area contributed by atoms with Crippen molar-refractivity contribution in [1.29, 1.82) is 0 Å². The van der Waals surface area contributed by atoms with Gasteiger partial charge in [0.1, 0.15) is 0 Å². The molecule has 4 rings (SSSR count). The van der Waals surface area contributed by atoms with Gasteiger partial charge in [-0.2, -0.15) is 5.10 Å². The van der Waals surface area contributed by atoms with Gasteiger partial charge < -0.3 is 4.90 Å². The Morgan fingerprint density at radius 2 is 2.00 bits per heavy atom. The highest BCUT2D eigenvalue weighted by molar-refractivity contribution is 6.33. The number of hydrogen-bond acceptors (Lipinski definition) is 3. The number of rotatable bonds is 3. The Labute approximate surface area is 153 Å². The van der Waals surface area contributed by atoms with Gasteiger partial charge in [-0.3, -0.25) is 9.69 Å². The normalized spacial score (nSPS) is 21.6. The first-order valence-electron chi connectivity index (χ1n) is 9.05. The summed E-state index contributed by atoms with van der Waals surface area (Å²) in [5, 5.41) is 4.74. The lowest BCUT2D eigenvalue weighted by Crippen LogP contribution is -2.49. The number of halogens is 1. The highest BCUT2D eigenvalue weighted by atomic mass is 35.5. The molecule has 1 aromatic carbocycles. The summed E-state index contributed by atoms with van der Waals surface area (Å²) in [6, 6.07) is 7.87. The van der Waals surface area contributed by atoms with Crippen molar-refractivity contribution in [2.45, 2.75) is 31.7 Å². The lowest BCUT2D eigenvalue weighted by atomic mass is 10.0. The summed E-state index contributed by atoms with van der Waals surface area (Å²) in [5.41, 5.74) is 1.42. The first-order valence-corrected chi connectivity index (χ1v) is 9.43. The quantitative estimate of drug-likeness (QED) is 0.845. The number of carbonyl (C=O) groups excluding carboxylic acids is 1. The third-order valence-corrected chi connectivity index (χ3v) is 5.62. The Balaban J connectivity index is 1.54. The molecule has 0 bridgehead atoms. The zero-order valence-electron chi connectivity index (χ0n) is 14.3. The van der Waals surface area contributed by atoms with Crippen LogP contribution < -0.4 is 0 Å². The number of aromatic nitrogens is 2. The van der Waals surface area contributed by atoms with Gasteiger partial charge in [0.05, 0.1) is 16.3 Å². The maximum Gasteiger partial charge on any atom is 0.255 e. The van der Waals surface area contributed by atoms with E-state index < -0.39 is 0 Å². The van der Waals surface area contributed by atoms with Gasteiger partial charge in [-0.1, -0.05) is 11.6 Å². The summed E-state index contributed by atoms with van der Waals surface area (Å²) >= 11 is 6.35. The van der Waals surface area contributed by atoms with Crippen molar-refractivity contribution in [1.82, 2.24) is 19.6 Å². The Kier molecular flexibility index (Phi) is 4.77. The highest BCUT2D eigenvalue weighted by Gasteiger charge is 2.30. The molecule has 5 nitrogen and oxygen atoms in total. The predicted molar refractivity (Wildman–Crippen MR) is 98.3 cm³/mol. The molecule has 1 atom stereocenters. The van der Waals surface area contributed by atoms with E-state index in [1.165, 1.54) is 32.4 Å². The summed E-state index contributed by atoms with van der Waals surface area (Å²) in [6.07, 6.45) is 8.39. The van der Waals surface area contributed by atoms with Crippen molar-refractivity contribution in [3.63, 3.8) is 0 Å². The van der Waals surface area contributed by atoms with Crippen LogP contribution in [0.25, 0.3) is 5.69 Å². The Bertz CT molecular complexity index is 740. The van der Waals surface area contributed by atoms with Crippen molar-refractivity contribution in [3.05, 3.63) is 47.2 Å². The van der Waals surface area contributed by atoms with Crippen molar-refractivity contribution < 1.29 is 4.79 Å². The monoisotopic (exact) mass is 358 g/mol. The van der Waals surface area contributed by atoms with Gasteiger partial charge in [-0.15, -0.1) is 0 Å². The molecule has 0 spiro atoms. The minimum absolute atomic E-state index is 0.0305. The molecule has 0 saturated carbocycles. The molecule has 0 aliphatic carbocycles. The van der Waals surface area contributed by atoms with Crippen LogP contribution in [0.3, 0.4) is 0 Å². The number of amides is 1. The number of carbonyl (C=O) groups is 1. The SMILES string of the molecule is O=C(c1cc(-n2cccn2)ccc1Cl)N1CCCC(N2CCCC2)C1. The van der Waals surface area contributed by atoms with E-state index in [2.05, 4.69) is 10.00 Å². The Morgan fingerprint density at radius 3 is 2.76 bits per heavy atom. The summed E-state index contributed by atoms with van der Waals surface area (Å²) in [7, 11) is 0. The molecule has 1 amide bonds. The molecule has 3 heterocycles. The van der Waals surface area contributed by atoms with Crippen LogP contribution in [-0.2, 0) is 0 Å². The third kappa shape index (κ3) is 3.44. The molecular weight excluding hydrogens is 336 g/mol. The Morgan fingerprint density at radius 1 is 1.16 bits per heavy atom. The van der Waals surface area contributed by atoms with Gasteiger partial charge in [0.25, 0.3) is 5.91 Å². The van der Waals surface area contributed by atoms with Crippen molar-refractivity contribution in [2.24, 2.45) is 0 Å². The predicted octanol–water partition coefficient (Wildman–Crippen LogP) is 3.23. The number of nitrogens with zero attached hydrogens (tertiary/aromatic N) is 4. The molecule has 2 saturated heterocycles. The molecule has 2 aliphatic rings. The molecule has 2 fully saturated rings. The molecule has 0 radical (unpaired) electrons. The van der Waals surface area contributed by atoms with Crippen LogP contribution in [0.15, 0.2) is 36.7 Å². The number of hydrogen-bond donors (Lipinski definition) is 0. The summed E-state index contributed by atoms with van der Waals surface area (Å²) < 4.78 is 1.75. The summed E-state index contributed by atoms with van der Waals surface area (Å²) in [4.78, 5) is 17.6. The van der Waals surface area contributed by atoms with Gasteiger partial charge in [0.2, 0.25) is 0 Å². The fourth-order valence-corrected chi connectivity index (χ4v) is 4.15. The molecule has 25 heavy (non-hydrogen) atoms. The van der Waals surface area contributed by atoms with Crippen LogP contribution in [0.4, 0.5) is 0 Å². The molecule has 6 heteroatoms. The lowest BCUT2D eigenvalue weighted by molar-refractivity contribution is 0.0608. The zero-order chi connectivity index (χ0) is 17.2. The van der Waals surface area contributed by atoms with E-state index in [9.17, 15) is 4.79 Å². The fourth-order valence-electron chi connectivity index (χ4n) is 3.96. The topological polar surface area (TPSA) is 41.4 Å². The molecule has 132 valence electrons. The van der Waals surface area contributed by atoms with E-state index in [1.54, 1.807) is 16.9 Å². The maximum atomic E-state index is 13.1. The van der Waals surface area contributed by atoms with Crippen LogP contribution in [-0.4, -0.2) is 57.7 Å². The molecule has 1 unspecified atom stereocenters. The van der Waals surface area contributed by atoms with E-state index in [4.69, 9.17) is 11.6 Å². The molecular formula is C19H23ClN4O. The average Bonchev–Trinajstić information content (AvgIpc) is 3.35. The van der Waals surface area contributed by atoms with Crippen molar-refractivity contribution in [2.75, 3.05) is 26.2 Å². The van der Waals surface area contributed by atoms with Gasteiger partial charge in [-0.25, -0.2) is 4.68 Å². The largest absolute Gasteiger partial charge is 0.337 e. The zero-order valence-corrected chi connectivity index (χ0v) is 15.0. The van der Waals surface area contributed by atoms with E-state index in [0.717, 1.165) is 25.2 Å². The van der Waals surface area contributed by atoms with Crippen LogP contribution in [0.1, 0.15) is 36.0 Å². The summed E-state index contributed by atoms with van der Waals surface area (Å²) in [6.45, 7) is 3.96. The van der Waals surface area contributed by atoms with E-state index in [1.807, 2.05) is 29.3 Å². The first kappa shape index (κ1) is 16.6. The van der Waals surface area contributed by atoms with Gasteiger partial charge >= 0.3 is 0 Å². The van der Waals surface area contributed by atoms with Gasteiger partial charge in [0, 0.05) is 31.5 Å². The standard InChI is InChI=1S/C19H23ClN4O/c20-18-7-6-15(24-12-4-8-21-24)13-17(18)19(25)23-11-3-5-16(14-23)22-9-1-2-10-22/h4,6-8,12-13,16H,1-3,5,9-11,14H2. The molecule has 1 aromatic heterocycles. The number of likely N-dealkylation sites (tertiary alicyclic amines) is 2. The van der Waals surface area contributed by atoms with Crippen LogP contribution >= 0.6 is 11.6 Å². The summed E-state index contributed by atoms with van der Waals surface area (Å²) in [5.74, 6) is 0.0305. The van der Waals surface area contributed by atoms with Crippen molar-refractivity contribution >= 4 is 17.5 Å². The minimum Gasteiger partial charge on any atom is -0.337 e.